The summed E-state index contributed by atoms with van der Waals surface area (Å²) in [6.45, 7) is 1.70. The first-order valence-electron chi connectivity index (χ1n) is 5.38. The average Bonchev–Trinajstić information content (AvgIpc) is 2.64. The third kappa shape index (κ3) is 2.06. The number of nitrogens with zero attached hydrogens (tertiary/aromatic N) is 4. The normalized spacial score (nSPS) is 9.83. The Morgan fingerprint density at radius 1 is 1.39 bits per heavy atom. The lowest BCUT2D eigenvalue weighted by molar-refractivity contribution is 0.102. The lowest BCUT2D eigenvalue weighted by Crippen LogP contribution is -2.14. The molecule has 0 radical (unpaired) electrons. The Kier molecular flexibility index (Phi) is 3.06. The standard InChI is InChI=1S/C12H11N5O/c1-8-10(15-13)11(17(2)16-8)14-12(18)9-6-4-3-5-7-9/h3-7H,1-2H3/p+1. The highest BCUT2D eigenvalue weighted by molar-refractivity contribution is 6.05. The Bertz CT molecular complexity index is 624. The lowest BCUT2D eigenvalue weighted by Gasteiger charge is -2.02. The highest BCUT2D eigenvalue weighted by Gasteiger charge is 2.26. The molecule has 6 nitrogen and oxygen atoms in total. The van der Waals surface area contributed by atoms with Gasteiger partial charge in [0.2, 0.25) is 11.2 Å². The second kappa shape index (κ2) is 4.67. The third-order valence-corrected chi connectivity index (χ3v) is 2.56. The lowest BCUT2D eigenvalue weighted by atomic mass is 10.2. The second-order valence-corrected chi connectivity index (χ2v) is 3.83. The first kappa shape index (κ1) is 11.8. The monoisotopic (exact) mass is 242 g/mol. The van der Waals surface area contributed by atoms with Gasteiger partial charge in [0.05, 0.1) is 0 Å². The molecule has 0 atom stereocenters. The Morgan fingerprint density at radius 3 is 2.67 bits per heavy atom. The van der Waals surface area contributed by atoms with Gasteiger partial charge in [-0.3, -0.25) is 10.1 Å². The molecular formula is C12H12N5O+. The molecule has 0 spiro atoms. The molecule has 2 rings (SSSR count). The number of benzene rings is 1. The van der Waals surface area contributed by atoms with Crippen molar-refractivity contribution in [2.45, 2.75) is 6.92 Å². The minimum atomic E-state index is -0.275. The van der Waals surface area contributed by atoms with Crippen molar-refractivity contribution >= 4 is 17.4 Å². The van der Waals surface area contributed by atoms with Crippen LogP contribution in [-0.2, 0) is 7.05 Å². The molecular weight excluding hydrogens is 230 g/mol. The highest BCUT2D eigenvalue weighted by Crippen LogP contribution is 2.28. The smallest absolute Gasteiger partial charge is 0.300 e. The number of aromatic nitrogens is 2. The second-order valence-electron chi connectivity index (χ2n) is 3.83. The fraction of sp³-hybridized carbons (Fsp3) is 0.167. The Hall–Kier alpha value is -2.68. The van der Waals surface area contributed by atoms with Crippen LogP contribution in [0.2, 0.25) is 0 Å². The fourth-order valence-corrected chi connectivity index (χ4v) is 1.68. The maximum absolute atomic E-state index is 12.0. The molecule has 1 amide bonds. The van der Waals surface area contributed by atoms with Crippen LogP contribution < -0.4 is 5.32 Å². The molecule has 6 heteroatoms. The number of diazo groups is 1. The zero-order valence-corrected chi connectivity index (χ0v) is 10.1. The van der Waals surface area contributed by atoms with Crippen molar-refractivity contribution < 1.29 is 4.79 Å². The van der Waals surface area contributed by atoms with Crippen LogP contribution in [-0.4, -0.2) is 15.7 Å². The van der Waals surface area contributed by atoms with E-state index < -0.39 is 0 Å². The van der Waals surface area contributed by atoms with E-state index in [-0.39, 0.29) is 11.6 Å². The minimum Gasteiger partial charge on any atom is -0.300 e. The zero-order chi connectivity index (χ0) is 13.1. The topological polar surface area (TPSA) is 75.1 Å². The Balaban J connectivity index is 2.31. The van der Waals surface area contributed by atoms with Crippen LogP contribution in [0.15, 0.2) is 30.3 Å². The van der Waals surface area contributed by atoms with E-state index >= 15 is 0 Å². The summed E-state index contributed by atoms with van der Waals surface area (Å²) in [5.74, 6) is 0.0901. The summed E-state index contributed by atoms with van der Waals surface area (Å²) in [7, 11) is 1.67. The van der Waals surface area contributed by atoms with Crippen molar-refractivity contribution in [2.24, 2.45) is 7.05 Å². The van der Waals surface area contributed by atoms with Gasteiger partial charge in [0.15, 0.2) is 10.7 Å². The molecule has 0 aliphatic heterocycles. The van der Waals surface area contributed by atoms with Crippen molar-refractivity contribution in [1.82, 2.24) is 9.78 Å². The number of carbonyl (C=O) groups is 1. The first-order valence-corrected chi connectivity index (χ1v) is 5.38. The number of hydrogen-bond donors (Lipinski definition) is 1. The molecule has 0 fully saturated rings. The third-order valence-electron chi connectivity index (χ3n) is 2.56. The molecule has 2 aromatic rings. The molecule has 0 unspecified atom stereocenters. The Labute approximate surface area is 104 Å². The number of rotatable bonds is 2. The summed E-state index contributed by atoms with van der Waals surface area (Å²) in [5.41, 5.74) is 1.34. The number of anilines is 1. The van der Waals surface area contributed by atoms with E-state index in [2.05, 4.69) is 15.4 Å². The van der Waals surface area contributed by atoms with E-state index in [0.717, 1.165) is 0 Å². The van der Waals surface area contributed by atoms with E-state index in [4.69, 9.17) is 5.39 Å². The van der Waals surface area contributed by atoms with Crippen LogP contribution in [0.1, 0.15) is 16.1 Å². The first-order chi connectivity index (χ1) is 8.63. The summed E-state index contributed by atoms with van der Waals surface area (Å²) < 4.78 is 1.46. The molecule has 1 aromatic heterocycles. The quantitative estimate of drug-likeness (QED) is 0.822. The summed E-state index contributed by atoms with van der Waals surface area (Å²) in [4.78, 5) is 15.1. The van der Waals surface area contributed by atoms with Crippen molar-refractivity contribution in [3.63, 3.8) is 0 Å². The largest absolute Gasteiger partial charge is 0.449 e. The van der Waals surface area contributed by atoms with Crippen molar-refractivity contribution in [1.29, 1.82) is 5.39 Å². The van der Waals surface area contributed by atoms with Crippen molar-refractivity contribution in [3.05, 3.63) is 46.6 Å². The predicted molar refractivity (Wildman–Crippen MR) is 67.1 cm³/mol. The SMILES string of the molecule is Cc1nn(C)c(NC(=O)c2ccccc2)c1[N+]#N. The van der Waals surface area contributed by atoms with Gasteiger partial charge >= 0.3 is 5.69 Å². The molecule has 1 N–H and O–H groups in total. The van der Waals surface area contributed by atoms with Gasteiger partial charge in [-0.05, 0) is 19.1 Å². The van der Waals surface area contributed by atoms with E-state index in [1.165, 1.54) is 4.68 Å². The van der Waals surface area contributed by atoms with E-state index in [1.54, 1.807) is 38.2 Å². The maximum atomic E-state index is 12.0. The Morgan fingerprint density at radius 2 is 2.06 bits per heavy atom. The molecule has 90 valence electrons. The molecule has 0 aliphatic rings. The summed E-state index contributed by atoms with van der Waals surface area (Å²) in [6, 6.07) is 8.80. The zero-order valence-electron chi connectivity index (χ0n) is 10.1. The van der Waals surface area contributed by atoms with Crippen molar-refractivity contribution in [3.8, 4) is 0 Å². The van der Waals surface area contributed by atoms with Crippen LogP contribution in [0.3, 0.4) is 0 Å². The van der Waals surface area contributed by atoms with E-state index in [9.17, 15) is 4.79 Å². The van der Waals surface area contributed by atoms with Gasteiger partial charge in [-0.1, -0.05) is 18.2 Å². The highest BCUT2D eigenvalue weighted by atomic mass is 16.1. The molecule has 1 heterocycles. The van der Waals surface area contributed by atoms with Gasteiger partial charge in [-0.15, -0.1) is 0 Å². The van der Waals surface area contributed by atoms with Gasteiger partial charge in [-0.2, -0.15) is 5.10 Å². The minimum absolute atomic E-state index is 0.266. The van der Waals surface area contributed by atoms with Gasteiger partial charge in [0, 0.05) is 12.6 Å². The number of nitrogens with one attached hydrogen (secondary N) is 1. The summed E-state index contributed by atoms with van der Waals surface area (Å²) in [5, 5.41) is 15.7. The van der Waals surface area contributed by atoms with Crippen molar-refractivity contribution in [2.75, 3.05) is 5.32 Å². The van der Waals surface area contributed by atoms with Crippen LogP contribution in [0, 0.1) is 12.3 Å². The predicted octanol–water partition coefficient (Wildman–Crippen LogP) is 2.47. The van der Waals surface area contributed by atoms with Gasteiger partial charge in [0.1, 0.15) is 0 Å². The maximum Gasteiger partial charge on any atom is 0.449 e. The molecule has 1 aromatic carbocycles. The van der Waals surface area contributed by atoms with Crippen LogP contribution in [0.25, 0.3) is 4.98 Å². The van der Waals surface area contributed by atoms with Crippen LogP contribution >= 0.6 is 0 Å². The molecule has 0 bridgehead atoms. The molecule has 18 heavy (non-hydrogen) atoms. The number of hydrogen-bond acceptors (Lipinski definition) is 3. The number of aryl methyl sites for hydroxylation is 2. The average molecular weight is 242 g/mol. The summed E-state index contributed by atoms with van der Waals surface area (Å²) >= 11 is 0. The molecule has 0 saturated heterocycles. The number of amides is 1. The fourth-order valence-electron chi connectivity index (χ4n) is 1.68. The van der Waals surface area contributed by atoms with Crippen LogP contribution in [0.5, 0.6) is 0 Å². The van der Waals surface area contributed by atoms with Gasteiger partial charge in [0.25, 0.3) is 5.91 Å². The molecule has 0 aliphatic carbocycles. The van der Waals surface area contributed by atoms with E-state index in [1.807, 2.05) is 6.07 Å². The van der Waals surface area contributed by atoms with Crippen LogP contribution in [0.4, 0.5) is 11.5 Å². The number of carbonyl (C=O) groups excluding carboxylic acids is 1. The van der Waals surface area contributed by atoms with E-state index in [0.29, 0.717) is 17.1 Å². The van der Waals surface area contributed by atoms with Gasteiger partial charge in [-0.25, -0.2) is 4.68 Å². The van der Waals surface area contributed by atoms with Gasteiger partial charge < -0.3 is 0 Å². The molecule has 0 saturated carbocycles. The summed E-state index contributed by atoms with van der Waals surface area (Å²) in [6.07, 6.45) is 0.